The highest BCUT2D eigenvalue weighted by molar-refractivity contribution is 14.0. The quantitative estimate of drug-likeness (QED) is 0.361. The van der Waals surface area contributed by atoms with Crippen LogP contribution in [0.1, 0.15) is 19.8 Å². The van der Waals surface area contributed by atoms with E-state index in [0.717, 1.165) is 69.8 Å². The maximum absolute atomic E-state index is 10.5. The van der Waals surface area contributed by atoms with Gasteiger partial charge in [0.2, 0.25) is 0 Å². The number of ether oxygens (including phenoxy) is 1. The van der Waals surface area contributed by atoms with Crippen molar-refractivity contribution < 1.29 is 9.84 Å². The van der Waals surface area contributed by atoms with Crippen molar-refractivity contribution in [3.8, 4) is 0 Å². The summed E-state index contributed by atoms with van der Waals surface area (Å²) in [5.41, 5.74) is -0.603. The van der Waals surface area contributed by atoms with Crippen molar-refractivity contribution in [3.63, 3.8) is 0 Å². The smallest absolute Gasteiger partial charge is 0.194 e. The molecule has 2 unspecified atom stereocenters. The van der Waals surface area contributed by atoms with Crippen molar-refractivity contribution in [2.75, 3.05) is 64.0 Å². The summed E-state index contributed by atoms with van der Waals surface area (Å²) in [5, 5.41) is 13.9. The molecule has 8 heteroatoms. The number of nitrogens with zero attached hydrogens (tertiary/aromatic N) is 3. The second kappa shape index (κ2) is 9.80. The number of morpholine rings is 1. The summed E-state index contributed by atoms with van der Waals surface area (Å²) in [6, 6.07) is 0.605. The standard InChI is InChI=1S/C16H30N4O2S.HI/c1-2-17-15(18-12-16(21)4-10-23-13-16)20-5-3-14(11-20)19-6-8-22-9-7-19;/h14,21H,2-13H2,1H3,(H,17,18);1H. The minimum atomic E-state index is -0.603. The lowest BCUT2D eigenvalue weighted by molar-refractivity contribution is 0.0194. The molecule has 0 saturated carbocycles. The first kappa shape index (κ1) is 20.5. The molecule has 3 aliphatic rings. The molecule has 0 amide bonds. The van der Waals surface area contributed by atoms with Crippen LogP contribution in [0.5, 0.6) is 0 Å². The van der Waals surface area contributed by atoms with Crippen molar-refractivity contribution in [1.82, 2.24) is 15.1 Å². The highest BCUT2D eigenvalue weighted by Crippen LogP contribution is 2.28. The zero-order valence-corrected chi connectivity index (χ0v) is 17.7. The van der Waals surface area contributed by atoms with Gasteiger partial charge in [-0.25, -0.2) is 0 Å². The number of guanidine groups is 1. The van der Waals surface area contributed by atoms with E-state index in [0.29, 0.717) is 12.6 Å². The summed E-state index contributed by atoms with van der Waals surface area (Å²) in [4.78, 5) is 9.66. The van der Waals surface area contributed by atoms with Crippen LogP contribution in [0.25, 0.3) is 0 Å². The Balaban J connectivity index is 0.00000208. The third kappa shape index (κ3) is 5.36. The molecule has 3 rings (SSSR count). The molecule has 0 radical (unpaired) electrons. The Kier molecular flexibility index (Phi) is 8.39. The number of nitrogens with one attached hydrogen (secondary N) is 1. The molecule has 3 aliphatic heterocycles. The molecular weight excluding hydrogens is 439 g/mol. The highest BCUT2D eigenvalue weighted by atomic mass is 127. The van der Waals surface area contributed by atoms with Gasteiger partial charge in [0, 0.05) is 44.5 Å². The van der Waals surface area contributed by atoms with Crippen LogP contribution in [0.3, 0.4) is 0 Å². The van der Waals surface area contributed by atoms with Gasteiger partial charge in [-0.05, 0) is 25.5 Å². The predicted molar refractivity (Wildman–Crippen MR) is 111 cm³/mol. The average Bonchev–Trinajstić information content (AvgIpc) is 3.22. The SMILES string of the molecule is CCNC(=NCC1(O)CCSC1)N1CCC(N2CCOCC2)C1.I. The number of thioether (sulfide) groups is 1. The zero-order chi connectivity index (χ0) is 16.1. The monoisotopic (exact) mass is 470 g/mol. The lowest BCUT2D eigenvalue weighted by Crippen LogP contribution is -2.47. The molecule has 3 fully saturated rings. The summed E-state index contributed by atoms with van der Waals surface area (Å²) < 4.78 is 5.46. The molecule has 2 atom stereocenters. The van der Waals surface area contributed by atoms with Gasteiger partial charge in [0.25, 0.3) is 0 Å². The summed E-state index contributed by atoms with van der Waals surface area (Å²) in [7, 11) is 0. The summed E-state index contributed by atoms with van der Waals surface area (Å²) in [6.07, 6.45) is 2.04. The van der Waals surface area contributed by atoms with Crippen LogP contribution in [0.2, 0.25) is 0 Å². The third-order valence-electron chi connectivity index (χ3n) is 4.97. The molecule has 0 spiro atoms. The fourth-order valence-corrected chi connectivity index (χ4v) is 4.83. The van der Waals surface area contributed by atoms with E-state index in [9.17, 15) is 5.11 Å². The second-order valence-electron chi connectivity index (χ2n) is 6.73. The Morgan fingerprint density at radius 1 is 1.38 bits per heavy atom. The maximum atomic E-state index is 10.5. The molecule has 6 nitrogen and oxygen atoms in total. The molecule has 3 heterocycles. The minimum Gasteiger partial charge on any atom is -0.387 e. The predicted octanol–water partition coefficient (Wildman–Crippen LogP) is 0.844. The Bertz CT molecular complexity index is 415. The Morgan fingerprint density at radius 2 is 2.17 bits per heavy atom. The molecule has 3 saturated heterocycles. The number of aliphatic imine (C=N–C) groups is 1. The lowest BCUT2D eigenvalue weighted by atomic mass is 10.1. The molecule has 2 N–H and O–H groups in total. The van der Waals surface area contributed by atoms with Gasteiger partial charge in [0.1, 0.15) is 0 Å². The number of rotatable bonds is 4. The van der Waals surface area contributed by atoms with Gasteiger partial charge in [0.05, 0.1) is 25.4 Å². The fourth-order valence-electron chi connectivity index (χ4n) is 3.54. The van der Waals surface area contributed by atoms with Crippen molar-refractivity contribution in [3.05, 3.63) is 0 Å². The van der Waals surface area contributed by atoms with E-state index < -0.39 is 5.60 Å². The molecule has 0 aromatic carbocycles. The maximum Gasteiger partial charge on any atom is 0.194 e. The molecule has 0 bridgehead atoms. The summed E-state index contributed by atoms with van der Waals surface area (Å²) in [5.74, 6) is 2.83. The van der Waals surface area contributed by atoms with Gasteiger partial charge < -0.3 is 20.1 Å². The largest absolute Gasteiger partial charge is 0.387 e. The van der Waals surface area contributed by atoms with Crippen LogP contribution in [0.15, 0.2) is 4.99 Å². The Morgan fingerprint density at radius 3 is 2.83 bits per heavy atom. The van der Waals surface area contributed by atoms with Gasteiger partial charge in [-0.2, -0.15) is 11.8 Å². The first-order valence-corrected chi connectivity index (χ1v) is 10.0. The van der Waals surface area contributed by atoms with E-state index >= 15 is 0 Å². The molecule has 24 heavy (non-hydrogen) atoms. The number of halogens is 1. The molecule has 0 aromatic heterocycles. The van der Waals surface area contributed by atoms with Crippen molar-refractivity contribution >= 4 is 41.7 Å². The number of hydrogen-bond donors (Lipinski definition) is 2. The number of aliphatic hydroxyl groups is 1. The van der Waals surface area contributed by atoms with Crippen LogP contribution >= 0.6 is 35.7 Å². The van der Waals surface area contributed by atoms with E-state index in [1.54, 1.807) is 0 Å². The molecule has 140 valence electrons. The van der Waals surface area contributed by atoms with Crippen molar-refractivity contribution in [2.45, 2.75) is 31.4 Å². The Labute approximate surface area is 166 Å². The average molecular weight is 470 g/mol. The van der Waals surface area contributed by atoms with Gasteiger partial charge in [-0.3, -0.25) is 9.89 Å². The normalized spacial score (nSPS) is 32.0. The Hall–Kier alpha value is 0.230. The van der Waals surface area contributed by atoms with Crippen LogP contribution in [-0.2, 0) is 4.74 Å². The van der Waals surface area contributed by atoms with Crippen LogP contribution in [0.4, 0.5) is 0 Å². The molecule has 0 aliphatic carbocycles. The van der Waals surface area contributed by atoms with Crippen LogP contribution < -0.4 is 5.32 Å². The summed E-state index contributed by atoms with van der Waals surface area (Å²) in [6.45, 7) is 9.36. The third-order valence-corrected chi connectivity index (χ3v) is 6.20. The van der Waals surface area contributed by atoms with Gasteiger partial charge >= 0.3 is 0 Å². The highest BCUT2D eigenvalue weighted by Gasteiger charge is 2.33. The first-order chi connectivity index (χ1) is 11.2. The van der Waals surface area contributed by atoms with E-state index in [1.165, 1.54) is 6.42 Å². The van der Waals surface area contributed by atoms with Gasteiger partial charge in [-0.15, -0.1) is 24.0 Å². The number of hydrogen-bond acceptors (Lipinski definition) is 5. The van der Waals surface area contributed by atoms with E-state index in [2.05, 4.69) is 22.0 Å². The zero-order valence-electron chi connectivity index (χ0n) is 14.6. The molecular formula is C16H31IN4O2S. The molecule has 0 aromatic rings. The first-order valence-electron chi connectivity index (χ1n) is 8.85. The van der Waals surface area contributed by atoms with E-state index in [4.69, 9.17) is 9.73 Å². The fraction of sp³-hybridized carbons (Fsp3) is 0.938. The second-order valence-corrected chi connectivity index (χ2v) is 7.84. The number of likely N-dealkylation sites (tertiary alicyclic amines) is 1. The summed E-state index contributed by atoms with van der Waals surface area (Å²) >= 11 is 1.83. The lowest BCUT2D eigenvalue weighted by Gasteiger charge is -2.32. The van der Waals surface area contributed by atoms with Crippen molar-refractivity contribution in [1.29, 1.82) is 0 Å². The van der Waals surface area contributed by atoms with Gasteiger partial charge in [0.15, 0.2) is 5.96 Å². The van der Waals surface area contributed by atoms with Crippen LogP contribution in [-0.4, -0.2) is 96.5 Å². The van der Waals surface area contributed by atoms with E-state index in [-0.39, 0.29) is 24.0 Å². The van der Waals surface area contributed by atoms with Crippen molar-refractivity contribution in [2.24, 2.45) is 4.99 Å². The van der Waals surface area contributed by atoms with E-state index in [1.807, 2.05) is 11.8 Å². The van der Waals surface area contributed by atoms with Gasteiger partial charge in [-0.1, -0.05) is 0 Å². The minimum absolute atomic E-state index is 0. The van der Waals surface area contributed by atoms with Crippen LogP contribution in [0, 0.1) is 0 Å². The topological polar surface area (TPSA) is 60.3 Å².